The molecule has 3 nitrogen and oxygen atoms in total. The van der Waals surface area contributed by atoms with Gasteiger partial charge in [0.05, 0.1) is 0 Å². The Labute approximate surface area is 102 Å². The Kier molecular flexibility index (Phi) is 3.47. The Morgan fingerprint density at radius 1 is 1.47 bits per heavy atom. The lowest BCUT2D eigenvalue weighted by molar-refractivity contribution is 0.250. The van der Waals surface area contributed by atoms with Crippen molar-refractivity contribution in [2.75, 3.05) is 11.4 Å². The van der Waals surface area contributed by atoms with Crippen molar-refractivity contribution in [2.45, 2.75) is 26.7 Å². The van der Waals surface area contributed by atoms with Crippen LogP contribution in [0.25, 0.3) is 0 Å². The van der Waals surface area contributed by atoms with Gasteiger partial charge in [-0.3, -0.25) is 4.90 Å². The Morgan fingerprint density at radius 3 is 3.00 bits per heavy atom. The van der Waals surface area contributed by atoms with E-state index >= 15 is 0 Å². The number of amides is 2. The molecule has 1 heterocycles. The number of hydrogen-bond donors (Lipinski definition) is 1. The molecule has 2 rings (SSSR count). The maximum atomic E-state index is 12.0. The van der Waals surface area contributed by atoms with Crippen LogP contribution in [0.1, 0.15) is 25.8 Å². The predicted molar refractivity (Wildman–Crippen MR) is 70.1 cm³/mol. The van der Waals surface area contributed by atoms with Crippen molar-refractivity contribution < 1.29 is 4.79 Å². The highest BCUT2D eigenvalue weighted by Gasteiger charge is 2.23. The molecule has 1 aromatic rings. The third-order valence-electron chi connectivity index (χ3n) is 3.13. The van der Waals surface area contributed by atoms with E-state index in [1.54, 1.807) is 11.1 Å². The second-order valence-electron chi connectivity index (χ2n) is 4.32. The number of hydrogen-bond acceptors (Lipinski definition) is 1. The fraction of sp³-hybridized carbons (Fsp3) is 0.357. The van der Waals surface area contributed by atoms with E-state index in [1.807, 2.05) is 25.1 Å². The van der Waals surface area contributed by atoms with E-state index in [1.165, 1.54) is 11.1 Å². The first-order valence-electron chi connectivity index (χ1n) is 6.04. The quantitative estimate of drug-likeness (QED) is 0.832. The number of benzene rings is 1. The molecule has 0 atom stereocenters. The molecule has 1 aliphatic rings. The van der Waals surface area contributed by atoms with Crippen LogP contribution in [0, 0.1) is 0 Å². The summed E-state index contributed by atoms with van der Waals surface area (Å²) in [7, 11) is 0. The fourth-order valence-corrected chi connectivity index (χ4v) is 1.91. The second-order valence-corrected chi connectivity index (χ2v) is 4.32. The number of rotatable bonds is 2. The van der Waals surface area contributed by atoms with Crippen LogP contribution in [0.4, 0.5) is 10.5 Å². The number of nitrogens with zero attached hydrogens (tertiary/aromatic N) is 1. The summed E-state index contributed by atoms with van der Waals surface area (Å²) < 4.78 is 0. The van der Waals surface area contributed by atoms with Crippen molar-refractivity contribution in [1.29, 1.82) is 0 Å². The fourth-order valence-electron chi connectivity index (χ4n) is 1.91. The van der Waals surface area contributed by atoms with Gasteiger partial charge < -0.3 is 5.32 Å². The first-order chi connectivity index (χ1) is 8.22. The van der Waals surface area contributed by atoms with Crippen LogP contribution in [0.5, 0.6) is 0 Å². The van der Waals surface area contributed by atoms with Gasteiger partial charge in [-0.15, -0.1) is 0 Å². The van der Waals surface area contributed by atoms with Gasteiger partial charge in [-0.1, -0.05) is 30.7 Å². The minimum atomic E-state index is -0.0391. The molecular formula is C14H18N2O. The summed E-state index contributed by atoms with van der Waals surface area (Å²) in [5, 5.41) is 2.84. The summed E-state index contributed by atoms with van der Waals surface area (Å²) in [6.45, 7) is 4.85. The zero-order chi connectivity index (χ0) is 12.3. The maximum Gasteiger partial charge on any atom is 0.325 e. The zero-order valence-corrected chi connectivity index (χ0v) is 10.4. The summed E-state index contributed by atoms with van der Waals surface area (Å²) in [4.78, 5) is 13.8. The zero-order valence-electron chi connectivity index (χ0n) is 10.4. The molecule has 1 aromatic carbocycles. The van der Waals surface area contributed by atoms with Crippen LogP contribution in [-0.4, -0.2) is 12.6 Å². The van der Waals surface area contributed by atoms with Crippen LogP contribution >= 0.6 is 0 Å². The molecule has 2 amide bonds. The second kappa shape index (κ2) is 5.04. The van der Waals surface area contributed by atoms with Crippen LogP contribution < -0.4 is 10.2 Å². The van der Waals surface area contributed by atoms with Crippen molar-refractivity contribution in [2.24, 2.45) is 0 Å². The molecule has 0 saturated carbocycles. The topological polar surface area (TPSA) is 32.3 Å². The number of carbonyl (C=O) groups excluding carboxylic acids is 1. The lowest BCUT2D eigenvalue weighted by Gasteiger charge is -2.16. The molecule has 90 valence electrons. The summed E-state index contributed by atoms with van der Waals surface area (Å²) in [6, 6.07) is 8.02. The normalized spacial score (nSPS) is 14.7. The predicted octanol–water partition coefficient (Wildman–Crippen LogP) is 3.07. The van der Waals surface area contributed by atoms with Gasteiger partial charge in [-0.25, -0.2) is 4.79 Å². The largest absolute Gasteiger partial charge is 0.325 e. The number of allylic oxidation sites excluding steroid dienone is 1. The molecule has 17 heavy (non-hydrogen) atoms. The molecule has 1 aliphatic heterocycles. The smallest absolute Gasteiger partial charge is 0.314 e. The summed E-state index contributed by atoms with van der Waals surface area (Å²) >= 11 is 0. The Morgan fingerprint density at radius 2 is 2.24 bits per heavy atom. The summed E-state index contributed by atoms with van der Waals surface area (Å²) in [6.07, 6.45) is 3.69. The first-order valence-corrected chi connectivity index (χ1v) is 6.04. The maximum absolute atomic E-state index is 12.0. The van der Waals surface area contributed by atoms with E-state index in [0.29, 0.717) is 0 Å². The van der Waals surface area contributed by atoms with Gasteiger partial charge in [0.1, 0.15) is 0 Å². The SMILES string of the molecule is CC/C(C)=C/NC(=O)N1CCc2ccccc21. The number of fused-ring (bicyclic) bond motifs is 1. The van der Waals surface area contributed by atoms with E-state index in [9.17, 15) is 4.79 Å². The standard InChI is InChI=1S/C14H18N2O/c1-3-11(2)10-15-14(17)16-9-8-12-6-4-5-7-13(12)16/h4-7,10H,3,8-9H2,1-2H3,(H,15,17)/b11-10+. The summed E-state index contributed by atoms with van der Waals surface area (Å²) in [5.41, 5.74) is 3.46. The van der Waals surface area contributed by atoms with E-state index < -0.39 is 0 Å². The molecular weight excluding hydrogens is 212 g/mol. The number of anilines is 1. The molecule has 0 aromatic heterocycles. The molecule has 0 radical (unpaired) electrons. The Hall–Kier alpha value is -1.77. The molecule has 0 unspecified atom stereocenters. The summed E-state index contributed by atoms with van der Waals surface area (Å²) in [5.74, 6) is 0. The van der Waals surface area contributed by atoms with Gasteiger partial charge >= 0.3 is 6.03 Å². The minimum Gasteiger partial charge on any atom is -0.314 e. The highest BCUT2D eigenvalue weighted by Crippen LogP contribution is 2.27. The van der Waals surface area contributed by atoms with Gasteiger partial charge in [0, 0.05) is 18.4 Å². The van der Waals surface area contributed by atoms with Crippen LogP contribution in [-0.2, 0) is 6.42 Å². The van der Waals surface area contributed by atoms with Gasteiger partial charge in [-0.2, -0.15) is 0 Å². The van der Waals surface area contributed by atoms with E-state index in [2.05, 4.69) is 18.3 Å². The van der Waals surface area contributed by atoms with Crippen LogP contribution in [0.15, 0.2) is 36.0 Å². The van der Waals surface area contributed by atoms with Crippen molar-refractivity contribution >= 4 is 11.7 Å². The Bertz CT molecular complexity index is 451. The highest BCUT2D eigenvalue weighted by molar-refractivity contribution is 5.94. The third kappa shape index (κ3) is 2.49. The molecule has 1 N–H and O–H groups in total. The van der Waals surface area contributed by atoms with E-state index in [4.69, 9.17) is 0 Å². The van der Waals surface area contributed by atoms with Crippen molar-refractivity contribution in [3.63, 3.8) is 0 Å². The number of urea groups is 1. The van der Waals surface area contributed by atoms with Crippen LogP contribution in [0.2, 0.25) is 0 Å². The van der Waals surface area contributed by atoms with Gasteiger partial charge in [0.25, 0.3) is 0 Å². The number of carbonyl (C=O) groups is 1. The number of para-hydroxylation sites is 1. The molecule has 3 heteroatoms. The molecule has 0 aliphatic carbocycles. The molecule has 0 spiro atoms. The average molecular weight is 230 g/mol. The third-order valence-corrected chi connectivity index (χ3v) is 3.13. The van der Waals surface area contributed by atoms with Crippen molar-refractivity contribution in [3.8, 4) is 0 Å². The lowest BCUT2D eigenvalue weighted by Crippen LogP contribution is -2.36. The van der Waals surface area contributed by atoms with Crippen molar-refractivity contribution in [3.05, 3.63) is 41.6 Å². The van der Waals surface area contributed by atoms with Gasteiger partial charge in [0.15, 0.2) is 0 Å². The highest BCUT2D eigenvalue weighted by atomic mass is 16.2. The molecule has 0 bridgehead atoms. The van der Waals surface area contributed by atoms with E-state index in [-0.39, 0.29) is 6.03 Å². The number of nitrogens with one attached hydrogen (secondary N) is 1. The molecule has 0 saturated heterocycles. The average Bonchev–Trinajstić information content (AvgIpc) is 2.79. The van der Waals surface area contributed by atoms with E-state index in [0.717, 1.165) is 25.1 Å². The first kappa shape index (κ1) is 11.7. The van der Waals surface area contributed by atoms with Crippen LogP contribution in [0.3, 0.4) is 0 Å². The van der Waals surface area contributed by atoms with Gasteiger partial charge in [0.2, 0.25) is 0 Å². The molecule has 0 fully saturated rings. The van der Waals surface area contributed by atoms with Crippen molar-refractivity contribution in [1.82, 2.24) is 5.32 Å². The lowest BCUT2D eigenvalue weighted by atomic mass is 10.2. The van der Waals surface area contributed by atoms with Gasteiger partial charge in [-0.05, 0) is 31.4 Å². The Balaban J connectivity index is 2.08. The minimum absolute atomic E-state index is 0.0391. The monoisotopic (exact) mass is 230 g/mol.